The van der Waals surface area contributed by atoms with E-state index in [9.17, 15) is 4.79 Å². The number of aliphatic carboxylic acids is 1. The van der Waals surface area contributed by atoms with Crippen LogP contribution in [0.15, 0.2) is 17.2 Å². The second kappa shape index (κ2) is 6.26. The lowest BCUT2D eigenvalue weighted by Crippen LogP contribution is -2.02. The van der Waals surface area contributed by atoms with E-state index in [1.165, 1.54) is 0 Å². The Bertz CT molecular complexity index is 452. The van der Waals surface area contributed by atoms with Gasteiger partial charge >= 0.3 is 5.97 Å². The molecule has 0 spiro atoms. The first-order valence-electron chi connectivity index (χ1n) is 5.27. The first-order valence-corrected chi connectivity index (χ1v) is 6.26. The highest BCUT2D eigenvalue weighted by Gasteiger charge is 2.09. The normalized spacial score (nSPS) is 10.2. The summed E-state index contributed by atoms with van der Waals surface area (Å²) in [7, 11) is 0. The Hall–Kier alpha value is -1.54. The van der Waals surface area contributed by atoms with Crippen molar-refractivity contribution in [2.45, 2.75) is 25.3 Å². The zero-order chi connectivity index (χ0) is 12.8. The summed E-state index contributed by atoms with van der Waals surface area (Å²) >= 11 is 1.09. The Morgan fingerprint density at radius 3 is 2.82 bits per heavy atom. The van der Waals surface area contributed by atoms with Crippen molar-refractivity contribution in [1.82, 2.24) is 4.98 Å². The molecule has 0 radical (unpaired) electrons. The average Bonchev–Trinajstić information content (AvgIpc) is 2.25. The van der Waals surface area contributed by atoms with Crippen molar-refractivity contribution in [2.24, 2.45) is 5.92 Å². The molecule has 1 aromatic rings. The second-order valence-corrected chi connectivity index (χ2v) is 5.01. The predicted molar refractivity (Wildman–Crippen MR) is 65.9 cm³/mol. The van der Waals surface area contributed by atoms with Crippen LogP contribution in [-0.4, -0.2) is 21.8 Å². The van der Waals surface area contributed by atoms with Crippen LogP contribution in [0.5, 0.6) is 0 Å². The van der Waals surface area contributed by atoms with Crippen LogP contribution in [0.25, 0.3) is 0 Å². The van der Waals surface area contributed by atoms with Crippen LogP contribution >= 0.6 is 11.8 Å². The molecule has 17 heavy (non-hydrogen) atoms. The zero-order valence-electron chi connectivity index (χ0n) is 9.80. The zero-order valence-corrected chi connectivity index (χ0v) is 10.6. The summed E-state index contributed by atoms with van der Waals surface area (Å²) in [5, 5.41) is 18.0. The molecule has 1 N–H and O–H groups in total. The summed E-state index contributed by atoms with van der Waals surface area (Å²) in [5.41, 5.74) is 1.33. The third-order valence-corrected chi connectivity index (χ3v) is 2.96. The minimum atomic E-state index is -0.907. The van der Waals surface area contributed by atoms with E-state index in [4.69, 9.17) is 10.4 Å². The topological polar surface area (TPSA) is 74.0 Å². The van der Waals surface area contributed by atoms with E-state index in [1.54, 1.807) is 6.07 Å². The summed E-state index contributed by atoms with van der Waals surface area (Å²) in [6.07, 6.45) is 0.826. The second-order valence-electron chi connectivity index (χ2n) is 4.05. The maximum absolute atomic E-state index is 10.5. The van der Waals surface area contributed by atoms with Gasteiger partial charge < -0.3 is 5.11 Å². The molecule has 0 aliphatic rings. The fourth-order valence-corrected chi connectivity index (χ4v) is 2.05. The van der Waals surface area contributed by atoms with E-state index in [0.717, 1.165) is 23.9 Å². The lowest BCUT2D eigenvalue weighted by atomic mass is 10.1. The van der Waals surface area contributed by atoms with E-state index >= 15 is 0 Å². The van der Waals surface area contributed by atoms with Crippen molar-refractivity contribution in [3.63, 3.8) is 0 Å². The number of thioether (sulfide) groups is 1. The highest BCUT2D eigenvalue weighted by atomic mass is 32.2. The molecule has 0 aliphatic heterocycles. The predicted octanol–water partition coefficient (Wildman–Crippen LogP) is 2.33. The van der Waals surface area contributed by atoms with Gasteiger partial charge in [-0.25, -0.2) is 4.98 Å². The van der Waals surface area contributed by atoms with Gasteiger partial charge in [0.15, 0.2) is 0 Å². The van der Waals surface area contributed by atoms with Gasteiger partial charge in [0.05, 0.1) is 11.3 Å². The lowest BCUT2D eigenvalue weighted by Gasteiger charge is -2.07. The molecule has 5 heteroatoms. The fraction of sp³-hybridized carbons (Fsp3) is 0.417. The van der Waals surface area contributed by atoms with Gasteiger partial charge in [-0.1, -0.05) is 25.6 Å². The number of nitriles is 1. The van der Waals surface area contributed by atoms with Gasteiger partial charge in [-0.3, -0.25) is 4.79 Å². The summed E-state index contributed by atoms with van der Waals surface area (Å²) in [6, 6.07) is 5.55. The molecule has 1 rings (SSSR count). The minimum Gasteiger partial charge on any atom is -0.481 e. The summed E-state index contributed by atoms with van der Waals surface area (Å²) in [6.45, 7) is 4.17. The standard InChI is InChI=1S/C12H14N2O2S/c1-8(2)5-10-4-3-9(6-13)12(14-10)17-7-11(15)16/h3-4,8H,5,7H2,1-2H3,(H,15,16). The smallest absolute Gasteiger partial charge is 0.313 e. The molecule has 0 saturated carbocycles. The minimum absolute atomic E-state index is 0.0766. The molecule has 4 nitrogen and oxygen atoms in total. The van der Waals surface area contributed by atoms with E-state index in [2.05, 4.69) is 18.8 Å². The number of pyridine rings is 1. The number of hydrogen-bond acceptors (Lipinski definition) is 4. The van der Waals surface area contributed by atoms with Gasteiger partial charge in [-0.05, 0) is 24.5 Å². The van der Waals surface area contributed by atoms with Gasteiger partial charge in [0.1, 0.15) is 11.1 Å². The number of aromatic nitrogens is 1. The third kappa shape index (κ3) is 4.45. The van der Waals surface area contributed by atoms with Crippen LogP contribution < -0.4 is 0 Å². The first kappa shape index (κ1) is 13.5. The number of nitrogens with zero attached hydrogens (tertiary/aromatic N) is 2. The highest BCUT2D eigenvalue weighted by molar-refractivity contribution is 7.99. The molecule has 0 amide bonds. The molecule has 0 aromatic carbocycles. The van der Waals surface area contributed by atoms with Crippen LogP contribution in [0.4, 0.5) is 0 Å². The van der Waals surface area contributed by atoms with Crippen molar-refractivity contribution in [3.8, 4) is 6.07 Å². The van der Waals surface area contributed by atoms with Crippen molar-refractivity contribution in [1.29, 1.82) is 5.26 Å². The lowest BCUT2D eigenvalue weighted by molar-refractivity contribution is -0.133. The molecule has 0 unspecified atom stereocenters. The molecule has 0 atom stereocenters. The Labute approximate surface area is 105 Å². The largest absolute Gasteiger partial charge is 0.481 e. The number of hydrogen-bond donors (Lipinski definition) is 1. The number of carboxylic acid groups (broad SMARTS) is 1. The van der Waals surface area contributed by atoms with Crippen LogP contribution in [0.1, 0.15) is 25.1 Å². The van der Waals surface area contributed by atoms with E-state index in [-0.39, 0.29) is 5.75 Å². The van der Waals surface area contributed by atoms with Gasteiger partial charge in [0.2, 0.25) is 0 Å². The molecule has 0 saturated heterocycles. The number of carboxylic acids is 1. The molecule has 0 bridgehead atoms. The quantitative estimate of drug-likeness (QED) is 0.812. The van der Waals surface area contributed by atoms with Crippen LogP contribution in [0.3, 0.4) is 0 Å². The van der Waals surface area contributed by atoms with Gasteiger partial charge in [-0.15, -0.1) is 0 Å². The monoisotopic (exact) mass is 250 g/mol. The molecular formula is C12H14N2O2S. The van der Waals surface area contributed by atoms with Crippen LogP contribution in [0.2, 0.25) is 0 Å². The van der Waals surface area contributed by atoms with Crippen molar-refractivity contribution >= 4 is 17.7 Å². The maximum Gasteiger partial charge on any atom is 0.313 e. The fourth-order valence-electron chi connectivity index (χ4n) is 1.34. The summed E-state index contributed by atoms with van der Waals surface area (Å²) in [5.74, 6) is -0.505. The number of carbonyl (C=O) groups is 1. The van der Waals surface area contributed by atoms with Crippen molar-refractivity contribution in [2.75, 3.05) is 5.75 Å². The Balaban J connectivity index is 2.90. The summed E-state index contributed by atoms with van der Waals surface area (Å²) < 4.78 is 0. The molecule has 1 aromatic heterocycles. The first-order chi connectivity index (χ1) is 8.02. The van der Waals surface area contributed by atoms with Crippen molar-refractivity contribution < 1.29 is 9.90 Å². The van der Waals surface area contributed by atoms with Gasteiger partial charge in [0.25, 0.3) is 0 Å². The van der Waals surface area contributed by atoms with Crippen LogP contribution in [0, 0.1) is 17.2 Å². The molecule has 90 valence electrons. The number of rotatable bonds is 5. The molecular weight excluding hydrogens is 236 g/mol. The van der Waals surface area contributed by atoms with E-state index in [0.29, 0.717) is 16.5 Å². The van der Waals surface area contributed by atoms with Crippen LogP contribution in [-0.2, 0) is 11.2 Å². The third-order valence-electron chi connectivity index (χ3n) is 1.99. The highest BCUT2D eigenvalue weighted by Crippen LogP contribution is 2.21. The van der Waals surface area contributed by atoms with Gasteiger partial charge in [0, 0.05) is 5.69 Å². The SMILES string of the molecule is CC(C)Cc1ccc(C#N)c(SCC(=O)O)n1. The van der Waals surface area contributed by atoms with E-state index in [1.807, 2.05) is 12.1 Å². The van der Waals surface area contributed by atoms with Gasteiger partial charge in [-0.2, -0.15) is 5.26 Å². The maximum atomic E-state index is 10.5. The van der Waals surface area contributed by atoms with Crippen molar-refractivity contribution in [3.05, 3.63) is 23.4 Å². The Kier molecular flexibility index (Phi) is 4.98. The molecule has 0 fully saturated rings. The van der Waals surface area contributed by atoms with E-state index < -0.39 is 5.97 Å². The summed E-state index contributed by atoms with van der Waals surface area (Å²) in [4.78, 5) is 14.8. The Morgan fingerprint density at radius 2 is 2.29 bits per heavy atom. The molecule has 1 heterocycles. The molecule has 0 aliphatic carbocycles. The Morgan fingerprint density at radius 1 is 1.59 bits per heavy atom. The average molecular weight is 250 g/mol.